The van der Waals surface area contributed by atoms with Gasteiger partial charge in [0.05, 0.1) is 92.4 Å². The van der Waals surface area contributed by atoms with Crippen molar-refractivity contribution in [2.45, 2.75) is 149 Å². The van der Waals surface area contributed by atoms with Crippen molar-refractivity contribution in [3.63, 3.8) is 0 Å². The van der Waals surface area contributed by atoms with Crippen molar-refractivity contribution in [1.29, 1.82) is 0 Å². The number of benzene rings is 4. The van der Waals surface area contributed by atoms with Crippen molar-refractivity contribution in [3.8, 4) is 0 Å². The van der Waals surface area contributed by atoms with Crippen LogP contribution in [-0.2, 0) is 0 Å². The van der Waals surface area contributed by atoms with Gasteiger partial charge in [-0.25, -0.2) is 39.9 Å². The van der Waals surface area contributed by atoms with Gasteiger partial charge in [0.2, 0.25) is 0 Å². The molecule has 0 spiro atoms. The average Bonchev–Trinajstić information content (AvgIpc) is 1.47. The Morgan fingerprint density at radius 3 is 1.05 bits per heavy atom. The minimum atomic E-state index is -0.316. The molecule has 4 atom stereocenters. The van der Waals surface area contributed by atoms with Crippen LogP contribution in [0, 0.1) is 6.92 Å². The fourth-order valence-electron chi connectivity index (χ4n) is 15.3. The van der Waals surface area contributed by atoms with Crippen molar-refractivity contribution in [3.05, 3.63) is 235 Å². The lowest BCUT2D eigenvalue weighted by molar-refractivity contribution is 0.0958. The monoisotopic (exact) mass is 1680 g/mol. The molecule has 30 nitrogen and oxygen atoms in total. The highest BCUT2D eigenvalue weighted by molar-refractivity contribution is 6.37. The smallest absolute Gasteiger partial charge is 0.269 e. The normalized spacial score (nSPS) is 14.9. The Bertz CT molecular complexity index is 6760. The first-order chi connectivity index (χ1) is 56.5. The van der Waals surface area contributed by atoms with Gasteiger partial charge in [-0.2, -0.15) is 15.3 Å². The lowest BCUT2D eigenvalue weighted by Crippen LogP contribution is -2.26. The summed E-state index contributed by atoms with van der Waals surface area (Å²) in [6.45, 7) is 11.4. The van der Waals surface area contributed by atoms with Crippen LogP contribution < -0.4 is 48.8 Å². The number of aryl methyl sites for hydroxylation is 1. The molecule has 0 aliphatic heterocycles. The highest BCUT2D eigenvalue weighted by Gasteiger charge is 2.35. The standard InChI is InChI=1S/C21H20ClN7O2.C21H19ClN6O2.C20H17Cl2N5O.C20H19ClN6O.CH4/c1-10(26-18-16-17(20(30)23-2)27-28-19(16)25-9-24-18)14-8-11-4-3-5-13(22)15(11)21(31)29(14)12-6-7-12;1-10(25-19-17-18(11(2)29)26-27-20(17)24-9-23-19)15-8-12-4-3-5-14(22)16(12)21(30)28(15)13-6-7-13;1-10(26-19-17-14(22)8-23-18(17)24-9-25-19)15-7-11-3-2-4-13(21)16(11)20(28)27(15)12-5-6-12;1-10(24-18-16-11(2)25-26-19(16)23-9-22-18)15-8-12-4-3-5-14(21)17(12)20(28)27(15)13-6-7-13;/h3-5,8-10,12H,6-7H2,1-2H3,(H,23,30)(H2,24,25,26,27,28);3-5,8-10,13H,6-7H2,1-2H3,(H2,23,24,25,26,27);2-4,7-10,12H,5-6H2,1H3,(H2,23,24,25,26);3-5,8-10,13H,6-7H2,1-2H3,(H2,22,23,24,25,26);1H4/t4*10-;/m0000./s1. The predicted octanol–water partition coefficient (Wildman–Crippen LogP) is 17.1. The molecule has 12 heterocycles. The molecule has 0 radical (unpaired) electrons. The number of aromatic amines is 4. The predicted molar refractivity (Wildman–Crippen MR) is 463 cm³/mol. The molecule has 4 aromatic carbocycles. The molecule has 4 saturated carbocycles. The molecule has 9 N–H and O–H groups in total. The first kappa shape index (κ1) is 79.6. The van der Waals surface area contributed by atoms with Gasteiger partial charge in [-0.3, -0.25) is 44.1 Å². The number of nitrogens with one attached hydrogen (secondary N) is 9. The van der Waals surface area contributed by atoms with E-state index in [2.05, 4.69) is 108 Å². The van der Waals surface area contributed by atoms with E-state index >= 15 is 0 Å². The number of H-pyrrole nitrogens is 4. The van der Waals surface area contributed by atoms with E-state index in [9.17, 15) is 28.8 Å². The van der Waals surface area contributed by atoms with E-state index in [4.69, 9.17) is 58.0 Å². The van der Waals surface area contributed by atoms with Gasteiger partial charge >= 0.3 is 0 Å². The molecule has 0 unspecified atom stereocenters. The SMILES string of the molecule is C.CC(=O)c1[nH]nc2ncnc(N[C@@H](C)c3cc4cccc(Cl)c4c(=O)n3C3CC3)c12.CNC(=O)c1[nH]nc2ncnc(N[C@@H](C)c3cc4cccc(Cl)c4c(=O)n3C3CC3)c12.C[C@H](Nc1ncnc2[nH]cc(Cl)c12)c1cc2cccc(Cl)c2c(=O)n1C1CC1.Cc1[nH]nc2ncnc(N[C@@H](C)c3cc4cccc(Cl)c4c(=O)n3C3CC3)c12. The minimum Gasteiger partial charge on any atom is -0.361 e. The molecule has 4 aliphatic rings. The second-order valence-corrected chi connectivity index (χ2v) is 31.7. The molecule has 1 amide bonds. The zero-order valence-corrected chi connectivity index (χ0v) is 67.7. The molecule has 35 heteroatoms. The molecule has 4 fully saturated rings. The van der Waals surface area contributed by atoms with E-state index in [-0.39, 0.29) is 95.4 Å². The number of ketones is 1. The van der Waals surface area contributed by atoms with Gasteiger partial charge in [0, 0.05) is 72.8 Å². The highest BCUT2D eigenvalue weighted by Crippen LogP contribution is 2.43. The van der Waals surface area contributed by atoms with Crippen molar-refractivity contribution >= 4 is 180 Å². The number of pyridine rings is 4. The maximum atomic E-state index is 13.3. The van der Waals surface area contributed by atoms with Gasteiger partial charge in [0.1, 0.15) is 65.6 Å². The van der Waals surface area contributed by atoms with Crippen LogP contribution in [0.1, 0.15) is 191 Å². The molecule has 16 aromatic rings. The van der Waals surface area contributed by atoms with E-state index in [1.807, 2.05) is 120 Å². The third-order valence-corrected chi connectivity index (χ3v) is 23.1. The number of rotatable bonds is 18. The topological polar surface area (TPSA) is 387 Å². The Kier molecular flexibility index (Phi) is 21.8. The maximum Gasteiger partial charge on any atom is 0.269 e. The maximum absolute atomic E-state index is 13.3. The zero-order chi connectivity index (χ0) is 81.5. The van der Waals surface area contributed by atoms with Crippen LogP contribution in [0.3, 0.4) is 0 Å². The number of aromatic nitrogens is 19. The Labute approximate surface area is 696 Å². The van der Waals surface area contributed by atoms with Crippen LogP contribution in [0.25, 0.3) is 87.2 Å². The van der Waals surface area contributed by atoms with E-state index in [1.54, 1.807) is 37.5 Å². The second-order valence-electron chi connectivity index (χ2n) is 29.7. The number of carbonyl (C=O) groups is 2. The number of Topliss-reactive ketones (excluding diaryl/α,β-unsaturated/α-hetero) is 1. The number of fused-ring (bicyclic) bond motifs is 8. The summed E-state index contributed by atoms with van der Waals surface area (Å²) in [5.41, 5.74) is 6.88. The van der Waals surface area contributed by atoms with E-state index in [1.165, 1.54) is 32.2 Å². The van der Waals surface area contributed by atoms with E-state index in [0.29, 0.717) is 109 Å². The van der Waals surface area contributed by atoms with Gasteiger partial charge in [-0.15, -0.1) is 0 Å². The zero-order valence-electron chi connectivity index (χ0n) is 63.9. The molecule has 118 heavy (non-hydrogen) atoms. The summed E-state index contributed by atoms with van der Waals surface area (Å²) >= 11 is 31.6. The number of hydrogen-bond acceptors (Lipinski definition) is 21. The van der Waals surface area contributed by atoms with Crippen LogP contribution in [0.2, 0.25) is 25.1 Å². The Morgan fingerprint density at radius 2 is 0.712 bits per heavy atom. The lowest BCUT2D eigenvalue weighted by atomic mass is 10.1. The van der Waals surface area contributed by atoms with Crippen molar-refractivity contribution in [2.24, 2.45) is 0 Å². The lowest BCUT2D eigenvalue weighted by Gasteiger charge is -2.21. The number of nitrogens with zero attached hydrogens (tertiary/aromatic N) is 15. The molecular formula is C83H79Cl5N24O6. The molecule has 602 valence electrons. The average molecular weight is 1690 g/mol. The van der Waals surface area contributed by atoms with Crippen molar-refractivity contribution < 1.29 is 9.59 Å². The van der Waals surface area contributed by atoms with Crippen LogP contribution in [0.15, 0.2) is 148 Å². The van der Waals surface area contributed by atoms with Gasteiger partial charge < -0.3 is 49.8 Å². The minimum absolute atomic E-state index is 0. The van der Waals surface area contributed by atoms with E-state index < -0.39 is 0 Å². The van der Waals surface area contributed by atoms with Crippen LogP contribution in [-0.4, -0.2) is 112 Å². The summed E-state index contributed by atoms with van der Waals surface area (Å²) in [6, 6.07) is 30.1. The van der Waals surface area contributed by atoms with Gasteiger partial charge in [-0.1, -0.05) is 114 Å². The van der Waals surface area contributed by atoms with Gasteiger partial charge in [0.25, 0.3) is 28.1 Å². The molecule has 12 aromatic heterocycles. The Balaban J connectivity index is 0.000000117. The molecular weight excluding hydrogens is 1610 g/mol. The van der Waals surface area contributed by atoms with Crippen molar-refractivity contribution in [2.75, 3.05) is 28.3 Å². The fraction of sp³-hybridized carbons (Fsp3) is 0.289. The Morgan fingerprint density at radius 1 is 0.407 bits per heavy atom. The van der Waals surface area contributed by atoms with Gasteiger partial charge in [-0.05, 0) is 156 Å². The fourth-order valence-corrected chi connectivity index (χ4v) is 16.6. The second kappa shape index (κ2) is 32.3. The molecule has 0 saturated heterocycles. The number of carbonyl (C=O) groups excluding carboxylic acids is 2. The molecule has 4 aliphatic carbocycles. The summed E-state index contributed by atoms with van der Waals surface area (Å²) < 4.78 is 7.44. The summed E-state index contributed by atoms with van der Waals surface area (Å²) in [5.74, 6) is 1.81. The summed E-state index contributed by atoms with van der Waals surface area (Å²) in [6.07, 6.45) is 15.3. The molecule has 20 rings (SSSR count). The first-order valence-corrected chi connectivity index (χ1v) is 40.1. The van der Waals surface area contributed by atoms with Crippen LogP contribution >= 0.6 is 58.0 Å². The number of anilines is 4. The van der Waals surface area contributed by atoms with Crippen LogP contribution in [0.5, 0.6) is 0 Å². The number of amides is 1. The quantitative estimate of drug-likeness (QED) is 0.0360. The highest BCUT2D eigenvalue weighted by atomic mass is 35.5. The summed E-state index contributed by atoms with van der Waals surface area (Å²) in [7, 11) is 1.54. The van der Waals surface area contributed by atoms with Crippen LogP contribution in [0.4, 0.5) is 23.3 Å². The third kappa shape index (κ3) is 15.1. The summed E-state index contributed by atoms with van der Waals surface area (Å²) in [4.78, 5) is 114. The number of hydrogen-bond donors (Lipinski definition) is 9. The first-order valence-electron chi connectivity index (χ1n) is 38.2. The summed E-state index contributed by atoms with van der Waals surface area (Å²) in [5, 5.41) is 47.6. The number of halogens is 5. The third-order valence-electron chi connectivity index (χ3n) is 21.5. The largest absolute Gasteiger partial charge is 0.361 e. The Hall–Kier alpha value is -12.2. The van der Waals surface area contributed by atoms with Gasteiger partial charge in [0.15, 0.2) is 22.7 Å². The van der Waals surface area contributed by atoms with Crippen molar-refractivity contribution in [1.82, 2.24) is 99.0 Å². The molecule has 0 bridgehead atoms. The van der Waals surface area contributed by atoms with E-state index in [0.717, 1.165) is 112 Å².